The number of hydrogen-bond acceptors (Lipinski definition) is 4. The Balaban J connectivity index is 1.04. The van der Waals surface area contributed by atoms with Crippen molar-refractivity contribution in [2.45, 2.75) is 19.3 Å². The molecular weight excluding hydrogens is 707 g/mol. The van der Waals surface area contributed by atoms with Crippen LogP contribution in [-0.4, -0.2) is 15.0 Å². The summed E-state index contributed by atoms with van der Waals surface area (Å²) in [5.41, 5.74) is 16.2. The van der Waals surface area contributed by atoms with E-state index < -0.39 is 0 Å². The molecule has 0 radical (unpaired) electrons. The highest BCUT2D eigenvalue weighted by Crippen LogP contribution is 2.52. The van der Waals surface area contributed by atoms with Crippen molar-refractivity contribution in [3.05, 3.63) is 199 Å². The van der Waals surface area contributed by atoms with Gasteiger partial charge in [0, 0.05) is 32.9 Å². The Morgan fingerprint density at radius 3 is 1.71 bits per heavy atom. The molecule has 2 aromatic heterocycles. The molecule has 10 aromatic rings. The van der Waals surface area contributed by atoms with E-state index in [4.69, 9.17) is 19.4 Å². The third-order valence-corrected chi connectivity index (χ3v) is 11.7. The molecular formula is C54H37N3O. The van der Waals surface area contributed by atoms with Crippen LogP contribution >= 0.6 is 0 Å². The number of hydrogen-bond donors (Lipinski definition) is 0. The summed E-state index contributed by atoms with van der Waals surface area (Å²) in [5.74, 6) is 1.92. The van der Waals surface area contributed by atoms with E-state index in [1.807, 2.05) is 12.1 Å². The Morgan fingerprint density at radius 1 is 0.362 bits per heavy atom. The third kappa shape index (κ3) is 5.56. The van der Waals surface area contributed by atoms with Crippen molar-refractivity contribution in [1.29, 1.82) is 0 Å². The fourth-order valence-electron chi connectivity index (χ4n) is 8.93. The highest BCUT2D eigenvalue weighted by molar-refractivity contribution is 6.13. The summed E-state index contributed by atoms with van der Waals surface area (Å²) in [5, 5.41) is 2.23. The quantitative estimate of drug-likeness (QED) is 0.170. The molecule has 4 heteroatoms. The predicted octanol–water partition coefficient (Wildman–Crippen LogP) is 14.1. The summed E-state index contributed by atoms with van der Waals surface area (Å²) in [6.07, 6.45) is 0. The van der Waals surface area contributed by atoms with E-state index in [1.165, 1.54) is 38.9 Å². The fourth-order valence-corrected chi connectivity index (χ4v) is 8.93. The van der Waals surface area contributed by atoms with E-state index >= 15 is 0 Å². The summed E-state index contributed by atoms with van der Waals surface area (Å²) < 4.78 is 6.50. The number of aromatic nitrogens is 3. The Hall–Kier alpha value is -7.43. The van der Waals surface area contributed by atoms with Crippen molar-refractivity contribution in [3.8, 4) is 78.7 Å². The second-order valence-corrected chi connectivity index (χ2v) is 15.6. The van der Waals surface area contributed by atoms with Gasteiger partial charge in [0.25, 0.3) is 0 Å². The van der Waals surface area contributed by atoms with Crippen molar-refractivity contribution >= 4 is 21.9 Å². The van der Waals surface area contributed by atoms with E-state index in [-0.39, 0.29) is 5.41 Å². The number of fused-ring (bicyclic) bond motifs is 6. The highest BCUT2D eigenvalue weighted by atomic mass is 16.3. The van der Waals surface area contributed by atoms with Gasteiger partial charge in [-0.25, -0.2) is 15.0 Å². The molecule has 0 amide bonds. The lowest BCUT2D eigenvalue weighted by molar-refractivity contribution is 0.661. The van der Waals surface area contributed by atoms with Crippen molar-refractivity contribution in [2.24, 2.45) is 0 Å². The molecule has 0 saturated heterocycles. The van der Waals surface area contributed by atoms with Gasteiger partial charge in [-0.15, -0.1) is 0 Å². The van der Waals surface area contributed by atoms with Crippen molar-refractivity contribution in [3.63, 3.8) is 0 Å². The van der Waals surface area contributed by atoms with Crippen LogP contribution in [0.15, 0.2) is 192 Å². The monoisotopic (exact) mass is 743 g/mol. The first-order chi connectivity index (χ1) is 28.5. The van der Waals surface area contributed by atoms with Gasteiger partial charge < -0.3 is 4.42 Å². The average Bonchev–Trinajstić information content (AvgIpc) is 3.78. The van der Waals surface area contributed by atoms with E-state index in [2.05, 4.69) is 190 Å². The third-order valence-electron chi connectivity index (χ3n) is 11.7. The molecule has 0 aliphatic heterocycles. The SMILES string of the molecule is CC1(C)c2ccccc2-c2cccc(-c3nc(-c4ccc(-c5ccccc5)cc4)nc(-c4cccc(-c5ccc6c(c5)oc5cccc(-c7ccccc7)c56)c4)n3)c21. The van der Waals surface area contributed by atoms with Crippen LogP contribution in [0.2, 0.25) is 0 Å². The molecule has 0 bridgehead atoms. The van der Waals surface area contributed by atoms with Gasteiger partial charge in [-0.2, -0.15) is 0 Å². The smallest absolute Gasteiger partial charge is 0.164 e. The van der Waals surface area contributed by atoms with Gasteiger partial charge in [-0.05, 0) is 79.9 Å². The van der Waals surface area contributed by atoms with Gasteiger partial charge in [0.1, 0.15) is 11.2 Å². The van der Waals surface area contributed by atoms with Crippen molar-refractivity contribution in [2.75, 3.05) is 0 Å². The summed E-state index contributed by atoms with van der Waals surface area (Å²) in [6, 6.07) is 66.0. The molecule has 0 saturated carbocycles. The number of rotatable bonds is 6. The lowest BCUT2D eigenvalue weighted by Gasteiger charge is -2.24. The minimum Gasteiger partial charge on any atom is -0.456 e. The van der Waals surface area contributed by atoms with Crippen molar-refractivity contribution in [1.82, 2.24) is 15.0 Å². The van der Waals surface area contributed by atoms with Gasteiger partial charge in [0.2, 0.25) is 0 Å². The van der Waals surface area contributed by atoms with Crippen LogP contribution in [0, 0.1) is 0 Å². The van der Waals surface area contributed by atoms with Crippen LogP contribution in [0.4, 0.5) is 0 Å². The average molecular weight is 744 g/mol. The van der Waals surface area contributed by atoms with Crippen LogP contribution in [-0.2, 0) is 5.41 Å². The largest absolute Gasteiger partial charge is 0.456 e. The fraction of sp³-hybridized carbons (Fsp3) is 0.0556. The summed E-state index contributed by atoms with van der Waals surface area (Å²) in [7, 11) is 0. The summed E-state index contributed by atoms with van der Waals surface area (Å²) in [4.78, 5) is 15.7. The van der Waals surface area contributed by atoms with Crippen LogP contribution in [0.3, 0.4) is 0 Å². The van der Waals surface area contributed by atoms with Crippen LogP contribution in [0.25, 0.3) is 101 Å². The van der Waals surface area contributed by atoms with Gasteiger partial charge in [0.15, 0.2) is 17.5 Å². The van der Waals surface area contributed by atoms with Gasteiger partial charge in [0.05, 0.1) is 0 Å². The predicted molar refractivity (Wildman–Crippen MR) is 237 cm³/mol. The Labute approximate surface area is 337 Å². The van der Waals surface area contributed by atoms with Crippen molar-refractivity contribution < 1.29 is 4.42 Å². The molecule has 0 fully saturated rings. The molecule has 0 N–H and O–H groups in total. The number of nitrogens with zero attached hydrogens (tertiary/aromatic N) is 3. The number of benzene rings is 8. The molecule has 2 heterocycles. The standard InChI is InChI=1S/C54H37N3O/c1-54(2)46-24-10-9-20-42(46)43-22-12-23-45(50(43)54)53-56-51(37-28-26-35(27-29-37)34-14-5-3-6-15-34)55-52(57-53)40-19-11-18-38(32-40)39-30-31-44-48(33-39)58-47-25-13-21-41(49(44)47)36-16-7-4-8-17-36/h3-33H,1-2H3. The van der Waals surface area contributed by atoms with E-state index in [9.17, 15) is 0 Å². The van der Waals surface area contributed by atoms with E-state index in [1.54, 1.807) is 0 Å². The molecule has 1 aliphatic rings. The van der Waals surface area contributed by atoms with E-state index in [0.717, 1.165) is 55.3 Å². The minimum atomic E-state index is -0.232. The second kappa shape index (κ2) is 13.4. The van der Waals surface area contributed by atoms with Gasteiger partial charge in [-0.3, -0.25) is 0 Å². The zero-order valence-electron chi connectivity index (χ0n) is 32.1. The molecule has 4 nitrogen and oxygen atoms in total. The lowest BCUT2D eigenvalue weighted by atomic mass is 9.80. The second-order valence-electron chi connectivity index (χ2n) is 15.6. The molecule has 8 aromatic carbocycles. The Morgan fingerprint density at radius 2 is 0.897 bits per heavy atom. The minimum absolute atomic E-state index is 0.232. The molecule has 0 atom stereocenters. The Kier molecular flexibility index (Phi) is 7.80. The van der Waals surface area contributed by atoms with Crippen LogP contribution in [0.5, 0.6) is 0 Å². The number of furan rings is 1. The molecule has 11 rings (SSSR count). The van der Waals surface area contributed by atoms with Gasteiger partial charge >= 0.3 is 0 Å². The normalized spacial score (nSPS) is 12.8. The maximum atomic E-state index is 6.50. The first kappa shape index (κ1) is 33.9. The first-order valence-corrected chi connectivity index (χ1v) is 19.8. The Bertz CT molecular complexity index is 3180. The molecule has 274 valence electrons. The zero-order chi connectivity index (χ0) is 38.8. The van der Waals surface area contributed by atoms with Gasteiger partial charge in [-0.1, -0.05) is 178 Å². The molecule has 0 unspecified atom stereocenters. The molecule has 0 spiro atoms. The summed E-state index contributed by atoms with van der Waals surface area (Å²) in [6.45, 7) is 4.61. The zero-order valence-corrected chi connectivity index (χ0v) is 32.1. The first-order valence-electron chi connectivity index (χ1n) is 19.8. The topological polar surface area (TPSA) is 51.8 Å². The maximum Gasteiger partial charge on any atom is 0.164 e. The maximum absolute atomic E-state index is 6.50. The lowest BCUT2D eigenvalue weighted by Crippen LogP contribution is -2.17. The summed E-state index contributed by atoms with van der Waals surface area (Å²) >= 11 is 0. The molecule has 58 heavy (non-hydrogen) atoms. The van der Waals surface area contributed by atoms with Crippen LogP contribution < -0.4 is 0 Å². The van der Waals surface area contributed by atoms with E-state index in [0.29, 0.717) is 17.5 Å². The molecule has 1 aliphatic carbocycles. The highest BCUT2D eigenvalue weighted by Gasteiger charge is 2.38. The van der Waals surface area contributed by atoms with Crippen LogP contribution in [0.1, 0.15) is 25.0 Å².